The van der Waals surface area contributed by atoms with Crippen molar-refractivity contribution in [3.05, 3.63) is 27.7 Å². The lowest BCUT2D eigenvalue weighted by atomic mass is 10.3. The summed E-state index contributed by atoms with van der Waals surface area (Å²) in [6.07, 6.45) is 0. The highest BCUT2D eigenvalue weighted by Gasteiger charge is 1.95. The van der Waals surface area contributed by atoms with Crippen LogP contribution in [0.5, 0.6) is 0 Å². The van der Waals surface area contributed by atoms with Gasteiger partial charge in [-0.25, -0.2) is 4.99 Å². The van der Waals surface area contributed by atoms with Gasteiger partial charge in [-0.05, 0) is 25.1 Å². The van der Waals surface area contributed by atoms with Crippen LogP contribution in [0, 0.1) is 0 Å². The summed E-state index contributed by atoms with van der Waals surface area (Å²) in [6, 6.07) is 5.40. The van der Waals surface area contributed by atoms with Gasteiger partial charge in [0.25, 0.3) is 0 Å². The highest BCUT2D eigenvalue weighted by Crippen LogP contribution is 2.24. The molecule has 1 aromatic rings. The largest absolute Gasteiger partial charge is 0.387 e. The molecule has 5 heteroatoms. The molecule has 0 heterocycles. The van der Waals surface area contributed by atoms with E-state index in [4.69, 9.17) is 17.3 Å². The lowest BCUT2D eigenvalue weighted by Crippen LogP contribution is -2.03. The fraction of sp³-hybridized carbons (Fsp3) is 0.125. The topological polar surface area (TPSA) is 38.4 Å². The monoisotopic (exact) mass is 282 g/mol. The molecule has 0 aliphatic heterocycles. The number of amidine groups is 1. The van der Waals surface area contributed by atoms with Gasteiger partial charge in [0.2, 0.25) is 0 Å². The Labute approximate surface area is 96.7 Å². The summed E-state index contributed by atoms with van der Waals surface area (Å²) in [5.74, 6) is 0.518. The van der Waals surface area contributed by atoms with Crippen LogP contribution >= 0.6 is 39.9 Å². The van der Waals surface area contributed by atoms with E-state index in [2.05, 4.69) is 20.9 Å². The summed E-state index contributed by atoms with van der Waals surface area (Å²) >= 11 is 9.10. The minimum absolute atomic E-state index is 0. The quantitative estimate of drug-likeness (QED) is 0.621. The molecule has 13 heavy (non-hydrogen) atoms. The molecule has 2 nitrogen and oxygen atoms in total. The first kappa shape index (κ1) is 12.8. The van der Waals surface area contributed by atoms with Crippen molar-refractivity contribution < 1.29 is 0 Å². The average molecular weight is 284 g/mol. The molecule has 2 N–H and O–H groups in total. The summed E-state index contributed by atoms with van der Waals surface area (Å²) < 4.78 is 0.898. The highest BCUT2D eigenvalue weighted by atomic mass is 79.9. The Morgan fingerprint density at radius 2 is 2.08 bits per heavy atom. The van der Waals surface area contributed by atoms with Gasteiger partial charge >= 0.3 is 0 Å². The summed E-state index contributed by atoms with van der Waals surface area (Å²) in [6.45, 7) is 1.73. The lowest BCUT2D eigenvalue weighted by molar-refractivity contribution is 1.44. The Morgan fingerprint density at radius 3 is 2.54 bits per heavy atom. The number of halogens is 3. The van der Waals surface area contributed by atoms with Gasteiger partial charge in [-0.2, -0.15) is 0 Å². The van der Waals surface area contributed by atoms with Crippen molar-refractivity contribution in [1.82, 2.24) is 0 Å². The first-order valence-corrected chi connectivity index (χ1v) is 4.52. The van der Waals surface area contributed by atoms with Crippen molar-refractivity contribution in [2.24, 2.45) is 10.7 Å². The molecular weight excluding hydrogens is 275 g/mol. The van der Waals surface area contributed by atoms with Crippen LogP contribution in [0.3, 0.4) is 0 Å². The Bertz CT molecular complexity index is 302. The van der Waals surface area contributed by atoms with E-state index in [1.54, 1.807) is 19.1 Å². The zero-order valence-electron chi connectivity index (χ0n) is 6.92. The molecule has 0 spiro atoms. The molecule has 0 aliphatic rings. The van der Waals surface area contributed by atoms with E-state index in [-0.39, 0.29) is 12.4 Å². The maximum atomic E-state index is 5.79. The molecule has 0 fully saturated rings. The van der Waals surface area contributed by atoms with E-state index in [9.17, 15) is 0 Å². The number of nitrogens with two attached hydrogens (primary N) is 1. The molecule has 72 valence electrons. The van der Waals surface area contributed by atoms with Gasteiger partial charge in [0.05, 0.1) is 11.5 Å². The predicted molar refractivity (Wildman–Crippen MR) is 63.4 cm³/mol. The zero-order chi connectivity index (χ0) is 9.14. The van der Waals surface area contributed by atoms with E-state index in [1.165, 1.54) is 0 Å². The average Bonchev–Trinajstić information content (AvgIpc) is 1.81. The minimum atomic E-state index is 0. The summed E-state index contributed by atoms with van der Waals surface area (Å²) in [5.41, 5.74) is 6.17. The molecule has 0 aromatic heterocycles. The number of hydrogen-bond donors (Lipinski definition) is 1. The molecule has 0 amide bonds. The van der Waals surface area contributed by atoms with E-state index in [0.717, 1.165) is 10.2 Å². The van der Waals surface area contributed by atoms with Crippen LogP contribution in [0.1, 0.15) is 6.92 Å². The third-order valence-corrected chi connectivity index (χ3v) is 1.83. The molecule has 1 aromatic carbocycles. The number of rotatable bonds is 1. The molecule has 0 unspecified atom stereocenters. The number of nitrogens with zero attached hydrogens (tertiary/aromatic N) is 1. The van der Waals surface area contributed by atoms with Gasteiger partial charge < -0.3 is 5.73 Å². The molecule has 0 atom stereocenters. The molecule has 1 rings (SSSR count). The molecule has 0 saturated heterocycles. The number of hydrogen-bond acceptors (Lipinski definition) is 1. The molecule has 0 radical (unpaired) electrons. The normalized spacial score (nSPS) is 10.8. The van der Waals surface area contributed by atoms with E-state index in [1.807, 2.05) is 6.07 Å². The maximum Gasteiger partial charge on any atom is 0.0964 e. The van der Waals surface area contributed by atoms with Gasteiger partial charge in [-0.15, -0.1) is 12.4 Å². The van der Waals surface area contributed by atoms with E-state index < -0.39 is 0 Å². The van der Waals surface area contributed by atoms with Crippen molar-refractivity contribution in [2.75, 3.05) is 0 Å². The predicted octanol–water partition coefficient (Wildman–Crippen LogP) is 3.53. The minimum Gasteiger partial charge on any atom is -0.387 e. The molecule has 0 aliphatic carbocycles. The van der Waals surface area contributed by atoms with Crippen molar-refractivity contribution in [3.8, 4) is 0 Å². The molecule has 0 bridgehead atoms. The van der Waals surface area contributed by atoms with Crippen LogP contribution in [0.4, 0.5) is 5.69 Å². The van der Waals surface area contributed by atoms with Gasteiger partial charge in [0, 0.05) is 9.50 Å². The first-order chi connectivity index (χ1) is 5.58. The summed E-state index contributed by atoms with van der Waals surface area (Å²) in [5, 5.41) is 0.643. The summed E-state index contributed by atoms with van der Waals surface area (Å²) in [4.78, 5) is 4.06. The summed E-state index contributed by atoms with van der Waals surface area (Å²) in [7, 11) is 0. The van der Waals surface area contributed by atoms with E-state index in [0.29, 0.717) is 10.9 Å². The second-order valence-electron chi connectivity index (χ2n) is 2.38. The second-order valence-corrected chi connectivity index (χ2v) is 3.73. The van der Waals surface area contributed by atoms with Crippen LogP contribution in [0.15, 0.2) is 27.7 Å². The Balaban J connectivity index is 0.00000144. The van der Waals surface area contributed by atoms with Crippen molar-refractivity contribution in [3.63, 3.8) is 0 Å². The highest BCUT2D eigenvalue weighted by molar-refractivity contribution is 9.10. The second kappa shape index (κ2) is 5.47. The van der Waals surface area contributed by atoms with Gasteiger partial charge in [0.15, 0.2) is 0 Å². The maximum absolute atomic E-state index is 5.79. The van der Waals surface area contributed by atoms with Crippen LogP contribution in [-0.4, -0.2) is 5.84 Å². The van der Waals surface area contributed by atoms with Crippen LogP contribution in [-0.2, 0) is 0 Å². The Hall–Kier alpha value is -0.250. The SMILES string of the molecule is CC(N)=Nc1cc(Cl)cc(Br)c1.Cl. The Morgan fingerprint density at radius 1 is 1.46 bits per heavy atom. The van der Waals surface area contributed by atoms with Crippen molar-refractivity contribution in [1.29, 1.82) is 0 Å². The molecular formula is C8H9BrCl2N2. The Kier molecular flexibility index (Phi) is 5.37. The number of benzene rings is 1. The van der Waals surface area contributed by atoms with Gasteiger partial charge in [0.1, 0.15) is 0 Å². The van der Waals surface area contributed by atoms with Crippen molar-refractivity contribution >= 4 is 51.5 Å². The van der Waals surface area contributed by atoms with Gasteiger partial charge in [-0.3, -0.25) is 0 Å². The third kappa shape index (κ3) is 4.50. The smallest absolute Gasteiger partial charge is 0.0964 e. The fourth-order valence-corrected chi connectivity index (χ4v) is 1.65. The van der Waals surface area contributed by atoms with Crippen LogP contribution in [0.2, 0.25) is 5.02 Å². The molecule has 0 saturated carbocycles. The van der Waals surface area contributed by atoms with E-state index >= 15 is 0 Å². The fourth-order valence-electron chi connectivity index (χ4n) is 0.807. The first-order valence-electron chi connectivity index (χ1n) is 3.35. The zero-order valence-corrected chi connectivity index (χ0v) is 10.1. The van der Waals surface area contributed by atoms with Crippen molar-refractivity contribution in [2.45, 2.75) is 6.92 Å². The van der Waals surface area contributed by atoms with Crippen LogP contribution < -0.4 is 5.73 Å². The lowest BCUT2D eigenvalue weighted by Gasteiger charge is -1.97. The third-order valence-electron chi connectivity index (χ3n) is 1.15. The van der Waals surface area contributed by atoms with Crippen LogP contribution in [0.25, 0.3) is 0 Å². The standard InChI is InChI=1S/C8H8BrClN2.ClH/c1-5(11)12-8-3-6(9)2-7(10)4-8;/h2-4H,1H3,(H2,11,12);1H. The number of aliphatic imine (C=N–C) groups is 1. The van der Waals surface area contributed by atoms with Gasteiger partial charge in [-0.1, -0.05) is 27.5 Å².